The van der Waals surface area contributed by atoms with Gasteiger partial charge in [0.1, 0.15) is 5.60 Å². The molecule has 0 saturated carbocycles. The van der Waals surface area contributed by atoms with Crippen molar-refractivity contribution in [1.29, 1.82) is 0 Å². The van der Waals surface area contributed by atoms with E-state index >= 15 is 0 Å². The predicted molar refractivity (Wildman–Crippen MR) is 120 cm³/mol. The summed E-state index contributed by atoms with van der Waals surface area (Å²) in [4.78, 5) is 38.2. The molecule has 1 aromatic carbocycles. The number of aryl methyl sites for hydroxylation is 1. The molecule has 2 aromatic rings. The Balaban J connectivity index is 1.53. The van der Waals surface area contributed by atoms with Gasteiger partial charge in [-0.1, -0.05) is 12.1 Å². The molecule has 1 N–H and O–H groups in total. The minimum atomic E-state index is -0.502. The van der Waals surface area contributed by atoms with Crippen LogP contribution < -0.4 is 5.32 Å². The molecule has 8 heteroatoms. The number of imide groups is 1. The number of piperidine rings is 2. The molecule has 2 aliphatic rings. The molecule has 0 spiro atoms. The van der Waals surface area contributed by atoms with Gasteiger partial charge in [0.15, 0.2) is 0 Å². The lowest BCUT2D eigenvalue weighted by Crippen LogP contribution is -2.46. The van der Waals surface area contributed by atoms with Crippen LogP contribution in [0.1, 0.15) is 76.5 Å². The highest BCUT2D eigenvalue weighted by Gasteiger charge is 2.34. The summed E-state index contributed by atoms with van der Waals surface area (Å²) in [6, 6.07) is 6.39. The summed E-state index contributed by atoms with van der Waals surface area (Å²) in [5, 5.41) is 8.01. The molecular formula is C24H32N4O4. The lowest BCUT2D eigenvalue weighted by Gasteiger charge is -2.38. The van der Waals surface area contributed by atoms with E-state index in [1.807, 2.05) is 43.5 Å². The van der Waals surface area contributed by atoms with Crippen molar-refractivity contribution in [3.63, 3.8) is 0 Å². The number of hydrogen-bond donors (Lipinski definition) is 1. The third kappa shape index (κ3) is 4.36. The number of likely N-dealkylation sites (tertiary alicyclic amines) is 1. The third-order valence-electron chi connectivity index (χ3n) is 6.45. The average Bonchev–Trinajstić information content (AvgIpc) is 3.02. The van der Waals surface area contributed by atoms with Gasteiger partial charge in [-0.15, -0.1) is 0 Å². The zero-order chi connectivity index (χ0) is 23.2. The lowest BCUT2D eigenvalue weighted by atomic mass is 9.85. The zero-order valence-corrected chi connectivity index (χ0v) is 19.5. The van der Waals surface area contributed by atoms with Crippen molar-refractivity contribution in [3.05, 3.63) is 29.5 Å². The van der Waals surface area contributed by atoms with Crippen molar-refractivity contribution in [2.24, 2.45) is 7.05 Å². The number of aromatic nitrogens is 2. The Kier molecular flexibility index (Phi) is 5.73. The first-order valence-electron chi connectivity index (χ1n) is 11.3. The maximum atomic E-state index is 12.5. The number of nitrogens with one attached hydrogen (secondary N) is 1. The van der Waals surface area contributed by atoms with E-state index in [0.717, 1.165) is 29.4 Å². The number of rotatable bonds is 2. The van der Waals surface area contributed by atoms with E-state index in [-0.39, 0.29) is 23.9 Å². The number of carbonyl (C=O) groups is 3. The van der Waals surface area contributed by atoms with Crippen LogP contribution in [0.4, 0.5) is 4.79 Å². The Morgan fingerprint density at radius 1 is 1.22 bits per heavy atom. The molecule has 0 bridgehead atoms. The second-order valence-electron chi connectivity index (χ2n) is 10.0. The van der Waals surface area contributed by atoms with Crippen LogP contribution in [0, 0.1) is 0 Å². The molecule has 2 fully saturated rings. The summed E-state index contributed by atoms with van der Waals surface area (Å²) in [5.74, 6) is -0.560. The van der Waals surface area contributed by atoms with E-state index in [9.17, 15) is 14.4 Å². The molecule has 4 rings (SSSR count). The summed E-state index contributed by atoms with van der Waals surface area (Å²) in [5.41, 5.74) is 2.42. The highest BCUT2D eigenvalue weighted by atomic mass is 16.6. The number of benzene rings is 1. The van der Waals surface area contributed by atoms with E-state index in [1.165, 1.54) is 5.56 Å². The molecule has 3 amide bonds. The van der Waals surface area contributed by atoms with Gasteiger partial charge in [-0.05, 0) is 64.5 Å². The fourth-order valence-corrected chi connectivity index (χ4v) is 4.83. The second-order valence-corrected chi connectivity index (χ2v) is 10.0. The highest BCUT2D eigenvalue weighted by molar-refractivity contribution is 6.02. The number of carbonyl (C=O) groups excluding carboxylic acids is 3. The van der Waals surface area contributed by atoms with Crippen molar-refractivity contribution in [1.82, 2.24) is 20.0 Å². The van der Waals surface area contributed by atoms with E-state index in [1.54, 1.807) is 0 Å². The van der Waals surface area contributed by atoms with Gasteiger partial charge in [-0.25, -0.2) is 4.79 Å². The third-order valence-corrected chi connectivity index (χ3v) is 6.45. The monoisotopic (exact) mass is 440 g/mol. The van der Waals surface area contributed by atoms with Crippen LogP contribution in [0.2, 0.25) is 0 Å². The van der Waals surface area contributed by atoms with Gasteiger partial charge >= 0.3 is 6.09 Å². The fraction of sp³-hybridized carbons (Fsp3) is 0.583. The second kappa shape index (κ2) is 8.22. The summed E-state index contributed by atoms with van der Waals surface area (Å²) >= 11 is 0. The molecule has 172 valence electrons. The molecule has 0 radical (unpaired) electrons. The fourth-order valence-electron chi connectivity index (χ4n) is 4.83. The van der Waals surface area contributed by atoms with Crippen LogP contribution >= 0.6 is 0 Å². The van der Waals surface area contributed by atoms with Crippen LogP contribution in [-0.4, -0.2) is 50.8 Å². The maximum absolute atomic E-state index is 12.5. The Morgan fingerprint density at radius 3 is 2.62 bits per heavy atom. The average molecular weight is 441 g/mol. The van der Waals surface area contributed by atoms with Gasteiger partial charge in [0.2, 0.25) is 11.8 Å². The molecule has 0 aliphatic carbocycles. The summed E-state index contributed by atoms with van der Waals surface area (Å²) in [6.45, 7) is 8.38. The van der Waals surface area contributed by atoms with Crippen LogP contribution in [0.25, 0.3) is 10.9 Å². The number of fused-ring (bicyclic) bond motifs is 1. The van der Waals surface area contributed by atoms with Crippen molar-refractivity contribution < 1.29 is 19.1 Å². The van der Waals surface area contributed by atoms with Crippen molar-refractivity contribution in [2.75, 3.05) is 6.54 Å². The Bertz CT molecular complexity index is 1070. The van der Waals surface area contributed by atoms with E-state index in [2.05, 4.69) is 29.5 Å². The van der Waals surface area contributed by atoms with Crippen molar-refractivity contribution in [2.45, 2.75) is 76.9 Å². The van der Waals surface area contributed by atoms with Crippen molar-refractivity contribution >= 4 is 28.8 Å². The molecule has 3 atom stereocenters. The smallest absolute Gasteiger partial charge is 0.410 e. The Hall–Kier alpha value is -2.90. The molecule has 2 saturated heterocycles. The Morgan fingerprint density at radius 2 is 1.97 bits per heavy atom. The number of ether oxygens (including phenoxy) is 1. The quantitative estimate of drug-likeness (QED) is 0.720. The van der Waals surface area contributed by atoms with E-state index in [4.69, 9.17) is 4.74 Å². The maximum Gasteiger partial charge on any atom is 0.410 e. The molecule has 2 aliphatic heterocycles. The first kappa shape index (κ1) is 22.3. The molecule has 1 unspecified atom stereocenters. The van der Waals surface area contributed by atoms with E-state index < -0.39 is 11.5 Å². The number of hydrogen-bond acceptors (Lipinski definition) is 5. The van der Waals surface area contributed by atoms with Gasteiger partial charge in [-0.2, -0.15) is 5.10 Å². The first-order valence-corrected chi connectivity index (χ1v) is 11.3. The van der Waals surface area contributed by atoms with E-state index in [0.29, 0.717) is 25.3 Å². The minimum absolute atomic E-state index is 0.0878. The zero-order valence-electron chi connectivity index (χ0n) is 19.5. The van der Waals surface area contributed by atoms with Gasteiger partial charge in [0.25, 0.3) is 0 Å². The minimum Gasteiger partial charge on any atom is -0.444 e. The van der Waals surface area contributed by atoms with Gasteiger partial charge in [-0.3, -0.25) is 19.6 Å². The van der Waals surface area contributed by atoms with Crippen LogP contribution in [0.5, 0.6) is 0 Å². The van der Waals surface area contributed by atoms with Gasteiger partial charge < -0.3 is 9.64 Å². The standard InChI is InChI=1S/C24H32N4O4/c1-14-12-16(10-11-28(14)23(31)32-24(2,3)4)15-6-7-17-19(13-15)27(5)26-21(17)18-8-9-20(29)25-22(18)30/h6-7,13-14,16,18H,8-12H2,1-5H3,(H,25,29,30)/t14-,16+,18?/m0/s1. The van der Waals surface area contributed by atoms with Crippen LogP contribution in [0.15, 0.2) is 18.2 Å². The normalized spacial score (nSPS) is 24.5. The van der Waals surface area contributed by atoms with Crippen molar-refractivity contribution in [3.8, 4) is 0 Å². The number of nitrogens with zero attached hydrogens (tertiary/aromatic N) is 3. The summed E-state index contributed by atoms with van der Waals surface area (Å²) in [7, 11) is 1.88. The number of amides is 3. The molecule has 1 aromatic heterocycles. The van der Waals surface area contributed by atoms with Crippen LogP contribution in [-0.2, 0) is 21.4 Å². The topological polar surface area (TPSA) is 93.5 Å². The van der Waals surface area contributed by atoms with Gasteiger partial charge in [0, 0.05) is 31.4 Å². The largest absolute Gasteiger partial charge is 0.444 e. The SMILES string of the molecule is C[C@H]1C[C@H](c2ccc3c(C4CCC(=O)NC4=O)nn(C)c3c2)CCN1C(=O)OC(C)(C)C. The van der Waals surface area contributed by atoms with Gasteiger partial charge in [0.05, 0.1) is 17.1 Å². The lowest BCUT2D eigenvalue weighted by molar-refractivity contribution is -0.134. The molecule has 3 heterocycles. The molecular weight excluding hydrogens is 408 g/mol. The first-order chi connectivity index (χ1) is 15.0. The predicted octanol–water partition coefficient (Wildman–Crippen LogP) is 3.60. The molecule has 8 nitrogen and oxygen atoms in total. The summed E-state index contributed by atoms with van der Waals surface area (Å²) < 4.78 is 7.38. The summed E-state index contributed by atoms with van der Waals surface area (Å²) in [6.07, 6.45) is 2.30. The highest BCUT2D eigenvalue weighted by Crippen LogP contribution is 2.36. The molecule has 32 heavy (non-hydrogen) atoms. The Labute approximate surface area is 188 Å². The van der Waals surface area contributed by atoms with Crippen LogP contribution in [0.3, 0.4) is 0 Å².